The van der Waals surface area contributed by atoms with Crippen molar-refractivity contribution < 1.29 is 0 Å². The van der Waals surface area contributed by atoms with E-state index >= 15 is 0 Å². The van der Waals surface area contributed by atoms with Gasteiger partial charge in [-0.15, -0.1) is 0 Å². The summed E-state index contributed by atoms with van der Waals surface area (Å²) in [6.45, 7) is 3.14. The minimum absolute atomic E-state index is 0.821. The normalized spacial score (nSPS) is 19.6. The van der Waals surface area contributed by atoms with Crippen LogP contribution in [0, 0.1) is 11.8 Å². The van der Waals surface area contributed by atoms with E-state index in [-0.39, 0.29) is 0 Å². The molecule has 2 saturated carbocycles. The monoisotopic (exact) mass is 262 g/mol. The van der Waals surface area contributed by atoms with Crippen LogP contribution in [0.1, 0.15) is 31.5 Å². The molecule has 0 aromatic carbocycles. The van der Waals surface area contributed by atoms with Crippen LogP contribution in [0.4, 0.5) is 0 Å². The minimum Gasteiger partial charge on any atom is -0.337 e. The molecule has 1 N–H and O–H groups in total. The Morgan fingerprint density at radius 1 is 1.37 bits per heavy atom. The Bertz CT molecular complexity index is 394. The SMILES string of the molecule is CN(CCNC(C1CC1)C1CC1)Cc1nccn1C. The number of aryl methyl sites for hydroxylation is 1. The lowest BCUT2D eigenvalue weighted by molar-refractivity contribution is 0.297. The second kappa shape index (κ2) is 5.63. The molecule has 0 atom stereocenters. The first kappa shape index (κ1) is 13.1. The van der Waals surface area contributed by atoms with Crippen molar-refractivity contribution in [2.75, 3.05) is 20.1 Å². The zero-order chi connectivity index (χ0) is 13.2. The Morgan fingerprint density at radius 2 is 2.05 bits per heavy atom. The van der Waals surface area contributed by atoms with E-state index in [0.29, 0.717) is 0 Å². The summed E-state index contributed by atoms with van der Waals surface area (Å²) in [5, 5.41) is 3.80. The van der Waals surface area contributed by atoms with Gasteiger partial charge in [0.15, 0.2) is 0 Å². The van der Waals surface area contributed by atoms with E-state index in [1.54, 1.807) is 0 Å². The molecule has 19 heavy (non-hydrogen) atoms. The molecule has 0 amide bonds. The standard InChI is InChI=1S/C15H26N4/c1-18(11-14-16-8-10-19(14)2)9-7-17-15(12-3-4-12)13-5-6-13/h8,10,12-13,15,17H,3-7,9,11H2,1-2H3. The molecular formula is C15H26N4. The number of nitrogens with one attached hydrogen (secondary N) is 1. The summed E-state index contributed by atoms with van der Waals surface area (Å²) < 4.78 is 2.10. The highest BCUT2D eigenvalue weighted by molar-refractivity contribution is 4.96. The molecule has 2 fully saturated rings. The van der Waals surface area contributed by atoms with Gasteiger partial charge < -0.3 is 9.88 Å². The van der Waals surface area contributed by atoms with Crippen LogP contribution in [-0.4, -0.2) is 40.6 Å². The molecular weight excluding hydrogens is 236 g/mol. The lowest BCUT2D eigenvalue weighted by Crippen LogP contribution is -2.38. The van der Waals surface area contributed by atoms with Crippen LogP contribution < -0.4 is 5.32 Å². The quantitative estimate of drug-likeness (QED) is 0.773. The largest absolute Gasteiger partial charge is 0.337 e. The van der Waals surface area contributed by atoms with E-state index in [1.807, 2.05) is 12.4 Å². The van der Waals surface area contributed by atoms with Crippen molar-refractivity contribution in [3.63, 3.8) is 0 Å². The summed E-state index contributed by atoms with van der Waals surface area (Å²) in [6.07, 6.45) is 9.71. The third-order valence-corrected chi connectivity index (χ3v) is 4.47. The van der Waals surface area contributed by atoms with Gasteiger partial charge in [-0.25, -0.2) is 4.98 Å². The molecule has 1 heterocycles. The number of likely N-dealkylation sites (N-methyl/N-ethyl adjacent to an activating group) is 1. The van der Waals surface area contributed by atoms with Crippen LogP contribution in [0.15, 0.2) is 12.4 Å². The lowest BCUT2D eigenvalue weighted by atomic mass is 10.1. The number of hydrogen-bond acceptors (Lipinski definition) is 3. The molecule has 4 heteroatoms. The van der Waals surface area contributed by atoms with Gasteiger partial charge in [-0.2, -0.15) is 0 Å². The molecule has 1 aromatic rings. The smallest absolute Gasteiger partial charge is 0.122 e. The Morgan fingerprint density at radius 3 is 2.58 bits per heavy atom. The van der Waals surface area contributed by atoms with Crippen molar-refractivity contribution >= 4 is 0 Å². The zero-order valence-corrected chi connectivity index (χ0v) is 12.2. The number of nitrogens with zero attached hydrogens (tertiary/aromatic N) is 3. The van der Waals surface area contributed by atoms with E-state index < -0.39 is 0 Å². The molecule has 0 spiro atoms. The summed E-state index contributed by atoms with van der Waals surface area (Å²) in [5.41, 5.74) is 0. The summed E-state index contributed by atoms with van der Waals surface area (Å²) in [5.74, 6) is 3.13. The molecule has 0 aliphatic heterocycles. The summed E-state index contributed by atoms with van der Waals surface area (Å²) in [6, 6.07) is 0.821. The second-order valence-corrected chi connectivity index (χ2v) is 6.35. The topological polar surface area (TPSA) is 33.1 Å². The van der Waals surface area contributed by atoms with E-state index in [9.17, 15) is 0 Å². The first-order chi connectivity index (χ1) is 9.24. The van der Waals surface area contributed by atoms with Crippen LogP contribution in [0.3, 0.4) is 0 Å². The van der Waals surface area contributed by atoms with E-state index in [1.165, 1.54) is 25.7 Å². The van der Waals surface area contributed by atoms with Gasteiger partial charge in [-0.3, -0.25) is 4.90 Å². The molecule has 2 aliphatic carbocycles. The van der Waals surface area contributed by atoms with E-state index in [4.69, 9.17) is 0 Å². The van der Waals surface area contributed by atoms with Gasteiger partial charge >= 0.3 is 0 Å². The fourth-order valence-corrected chi connectivity index (χ4v) is 2.92. The number of imidazole rings is 1. The molecule has 0 saturated heterocycles. The lowest BCUT2D eigenvalue weighted by Gasteiger charge is -2.21. The van der Waals surface area contributed by atoms with Gasteiger partial charge in [0, 0.05) is 38.6 Å². The van der Waals surface area contributed by atoms with Crippen LogP contribution in [0.2, 0.25) is 0 Å². The van der Waals surface area contributed by atoms with Crippen molar-refractivity contribution in [3.05, 3.63) is 18.2 Å². The van der Waals surface area contributed by atoms with Crippen LogP contribution in [0.25, 0.3) is 0 Å². The van der Waals surface area contributed by atoms with Crippen molar-refractivity contribution in [2.24, 2.45) is 18.9 Å². The van der Waals surface area contributed by atoms with Crippen LogP contribution in [-0.2, 0) is 13.6 Å². The fraction of sp³-hybridized carbons (Fsp3) is 0.800. The molecule has 0 radical (unpaired) electrons. The van der Waals surface area contributed by atoms with Gasteiger partial charge in [-0.05, 0) is 44.6 Å². The van der Waals surface area contributed by atoms with E-state index in [0.717, 1.165) is 43.3 Å². The second-order valence-electron chi connectivity index (χ2n) is 6.35. The number of rotatable bonds is 8. The van der Waals surface area contributed by atoms with Crippen molar-refractivity contribution in [1.82, 2.24) is 19.8 Å². The molecule has 4 nitrogen and oxygen atoms in total. The highest BCUT2D eigenvalue weighted by atomic mass is 15.2. The van der Waals surface area contributed by atoms with Gasteiger partial charge in [0.1, 0.15) is 5.82 Å². The molecule has 3 rings (SSSR count). The predicted molar refractivity (Wildman–Crippen MR) is 76.8 cm³/mol. The maximum Gasteiger partial charge on any atom is 0.122 e. The molecule has 0 unspecified atom stereocenters. The van der Waals surface area contributed by atoms with Gasteiger partial charge in [-0.1, -0.05) is 0 Å². The van der Waals surface area contributed by atoms with Crippen LogP contribution >= 0.6 is 0 Å². The maximum absolute atomic E-state index is 4.38. The minimum atomic E-state index is 0.821. The summed E-state index contributed by atoms with van der Waals surface area (Å²) >= 11 is 0. The average Bonchev–Trinajstić information content (AvgIpc) is 3.27. The van der Waals surface area contributed by atoms with Gasteiger partial charge in [0.25, 0.3) is 0 Å². The summed E-state index contributed by atoms with van der Waals surface area (Å²) in [4.78, 5) is 6.73. The molecule has 106 valence electrons. The molecule has 2 aliphatic rings. The number of hydrogen-bond donors (Lipinski definition) is 1. The van der Waals surface area contributed by atoms with Crippen molar-refractivity contribution in [1.29, 1.82) is 0 Å². The Balaban J connectivity index is 1.38. The molecule has 0 bridgehead atoms. The van der Waals surface area contributed by atoms with Gasteiger partial charge in [0.2, 0.25) is 0 Å². The first-order valence-electron chi connectivity index (χ1n) is 7.62. The fourth-order valence-electron chi connectivity index (χ4n) is 2.92. The third-order valence-electron chi connectivity index (χ3n) is 4.47. The average molecular weight is 262 g/mol. The Hall–Kier alpha value is -0.870. The molecule has 1 aromatic heterocycles. The van der Waals surface area contributed by atoms with Crippen LogP contribution in [0.5, 0.6) is 0 Å². The maximum atomic E-state index is 4.38. The number of aromatic nitrogens is 2. The third kappa shape index (κ3) is 3.57. The van der Waals surface area contributed by atoms with Crippen molar-refractivity contribution in [2.45, 2.75) is 38.3 Å². The van der Waals surface area contributed by atoms with E-state index in [2.05, 4.69) is 33.9 Å². The highest BCUT2D eigenvalue weighted by Crippen LogP contribution is 2.44. The predicted octanol–water partition coefficient (Wildman–Crippen LogP) is 1.63. The highest BCUT2D eigenvalue weighted by Gasteiger charge is 2.40. The Labute approximate surface area is 116 Å². The Kier molecular flexibility index (Phi) is 3.89. The zero-order valence-electron chi connectivity index (χ0n) is 12.2. The first-order valence-corrected chi connectivity index (χ1v) is 7.62. The van der Waals surface area contributed by atoms with Crippen molar-refractivity contribution in [3.8, 4) is 0 Å². The van der Waals surface area contributed by atoms with Gasteiger partial charge in [0.05, 0.1) is 6.54 Å². The summed E-state index contributed by atoms with van der Waals surface area (Å²) in [7, 11) is 4.24.